The number of benzene rings is 1. The number of nitrogens with one attached hydrogen (secondary N) is 2. The molecule has 2 amide bonds. The van der Waals surface area contributed by atoms with E-state index in [1.165, 1.54) is 0 Å². The zero-order valence-electron chi connectivity index (χ0n) is 17.1. The lowest BCUT2D eigenvalue weighted by atomic mass is 9.85. The lowest BCUT2D eigenvalue weighted by Gasteiger charge is -2.23. The van der Waals surface area contributed by atoms with Gasteiger partial charge in [-0.3, -0.25) is 9.59 Å². The monoisotopic (exact) mass is 414 g/mol. The molecule has 0 spiro atoms. The Hall–Kier alpha value is -2.67. The first-order valence-electron chi connectivity index (χ1n) is 9.80. The third-order valence-corrected chi connectivity index (χ3v) is 6.21. The summed E-state index contributed by atoms with van der Waals surface area (Å²) >= 11 is 1.11. The highest BCUT2D eigenvalue weighted by atomic mass is 32.1. The number of carbonyl (C=O) groups is 3. The van der Waals surface area contributed by atoms with Crippen molar-refractivity contribution in [2.45, 2.75) is 53.1 Å². The van der Waals surface area contributed by atoms with Gasteiger partial charge >= 0.3 is 5.97 Å². The van der Waals surface area contributed by atoms with Gasteiger partial charge in [0.2, 0.25) is 5.91 Å². The fourth-order valence-corrected chi connectivity index (χ4v) is 4.21. The van der Waals surface area contributed by atoms with Gasteiger partial charge in [-0.15, -0.1) is 11.3 Å². The third kappa shape index (κ3) is 4.67. The van der Waals surface area contributed by atoms with E-state index in [-0.39, 0.29) is 29.4 Å². The molecule has 1 aromatic heterocycles. The highest BCUT2D eigenvalue weighted by Crippen LogP contribution is 2.36. The minimum absolute atomic E-state index is 0.0318. The van der Waals surface area contributed by atoms with E-state index in [4.69, 9.17) is 4.74 Å². The summed E-state index contributed by atoms with van der Waals surface area (Å²) in [4.78, 5) is 38.4. The van der Waals surface area contributed by atoms with Crippen molar-refractivity contribution in [1.29, 1.82) is 0 Å². The smallest absolute Gasteiger partial charge is 0.341 e. The van der Waals surface area contributed by atoms with Crippen molar-refractivity contribution in [2.75, 3.05) is 10.6 Å². The Morgan fingerprint density at radius 2 is 1.79 bits per heavy atom. The summed E-state index contributed by atoms with van der Waals surface area (Å²) in [6.07, 6.45) is 2.43. The second-order valence-electron chi connectivity index (χ2n) is 7.60. The molecule has 0 unspecified atom stereocenters. The van der Waals surface area contributed by atoms with E-state index in [0.717, 1.165) is 36.2 Å². The lowest BCUT2D eigenvalue weighted by Crippen LogP contribution is -2.28. The first kappa shape index (κ1) is 21.0. The SMILES string of the molecule is Cc1ccccc1NC(=O)c1sc(NC(=O)C2CCC2)c(C(=O)OC(C)C)c1C. The van der Waals surface area contributed by atoms with Gasteiger partial charge in [-0.1, -0.05) is 24.6 Å². The van der Waals surface area contributed by atoms with Crippen molar-refractivity contribution in [2.24, 2.45) is 5.92 Å². The Morgan fingerprint density at radius 1 is 1.10 bits per heavy atom. The molecule has 1 aliphatic rings. The van der Waals surface area contributed by atoms with E-state index >= 15 is 0 Å². The number of aryl methyl sites for hydroxylation is 1. The third-order valence-electron chi connectivity index (χ3n) is 5.01. The van der Waals surface area contributed by atoms with E-state index in [1.807, 2.05) is 31.2 Å². The van der Waals surface area contributed by atoms with Gasteiger partial charge in [-0.2, -0.15) is 0 Å². The molecule has 1 aliphatic carbocycles. The largest absolute Gasteiger partial charge is 0.459 e. The van der Waals surface area contributed by atoms with Crippen molar-refractivity contribution < 1.29 is 19.1 Å². The van der Waals surface area contributed by atoms with Crippen LogP contribution in [-0.4, -0.2) is 23.9 Å². The number of anilines is 2. The van der Waals surface area contributed by atoms with Crippen LogP contribution in [0, 0.1) is 19.8 Å². The van der Waals surface area contributed by atoms with Crippen molar-refractivity contribution in [3.05, 3.63) is 45.8 Å². The Kier molecular flexibility index (Phi) is 6.37. The fraction of sp³-hybridized carbons (Fsp3) is 0.409. The van der Waals surface area contributed by atoms with Gasteiger partial charge < -0.3 is 15.4 Å². The molecule has 2 aromatic rings. The maximum absolute atomic E-state index is 12.9. The molecule has 6 nitrogen and oxygen atoms in total. The summed E-state index contributed by atoms with van der Waals surface area (Å²) in [5.74, 6) is -0.991. The van der Waals surface area contributed by atoms with Gasteiger partial charge in [-0.05, 0) is 57.7 Å². The number of amides is 2. The van der Waals surface area contributed by atoms with E-state index in [2.05, 4.69) is 10.6 Å². The molecule has 2 N–H and O–H groups in total. The summed E-state index contributed by atoms with van der Waals surface area (Å²) < 4.78 is 5.36. The highest BCUT2D eigenvalue weighted by Gasteiger charge is 2.30. The van der Waals surface area contributed by atoms with Crippen LogP contribution in [0.25, 0.3) is 0 Å². The Labute approximate surface area is 174 Å². The van der Waals surface area contributed by atoms with Crippen LogP contribution in [-0.2, 0) is 9.53 Å². The maximum atomic E-state index is 12.9. The minimum Gasteiger partial charge on any atom is -0.459 e. The van der Waals surface area contributed by atoms with E-state index < -0.39 is 5.97 Å². The first-order chi connectivity index (χ1) is 13.8. The van der Waals surface area contributed by atoms with Gasteiger partial charge in [0.05, 0.1) is 16.5 Å². The molecule has 1 aromatic carbocycles. The summed E-state index contributed by atoms with van der Waals surface area (Å²) in [6, 6.07) is 7.48. The van der Waals surface area contributed by atoms with Crippen molar-refractivity contribution in [3.63, 3.8) is 0 Å². The normalized spacial score (nSPS) is 13.7. The molecule has 1 saturated carbocycles. The summed E-state index contributed by atoms with van der Waals surface area (Å²) in [5, 5.41) is 6.12. The Balaban J connectivity index is 1.92. The van der Waals surface area contributed by atoms with Crippen LogP contribution in [0.5, 0.6) is 0 Å². The highest BCUT2D eigenvalue weighted by molar-refractivity contribution is 7.19. The minimum atomic E-state index is -0.535. The molecular formula is C22H26N2O4S. The number of hydrogen-bond donors (Lipinski definition) is 2. The summed E-state index contributed by atoms with van der Waals surface area (Å²) in [6.45, 7) is 7.14. The van der Waals surface area contributed by atoms with Gasteiger partial charge in [-0.25, -0.2) is 4.79 Å². The molecule has 7 heteroatoms. The zero-order valence-corrected chi connectivity index (χ0v) is 17.9. The van der Waals surface area contributed by atoms with Crippen LogP contribution in [0.15, 0.2) is 24.3 Å². The van der Waals surface area contributed by atoms with Gasteiger partial charge in [0.25, 0.3) is 5.91 Å². The van der Waals surface area contributed by atoms with Crippen molar-refractivity contribution in [3.8, 4) is 0 Å². The number of rotatable bonds is 6. The van der Waals surface area contributed by atoms with Gasteiger partial charge in [0.1, 0.15) is 5.00 Å². The van der Waals surface area contributed by atoms with Gasteiger partial charge in [0.15, 0.2) is 0 Å². The van der Waals surface area contributed by atoms with Crippen LogP contribution < -0.4 is 10.6 Å². The van der Waals surface area contributed by atoms with Crippen LogP contribution >= 0.6 is 11.3 Å². The molecule has 0 radical (unpaired) electrons. The molecule has 0 aliphatic heterocycles. The average molecular weight is 415 g/mol. The first-order valence-corrected chi connectivity index (χ1v) is 10.6. The maximum Gasteiger partial charge on any atom is 0.341 e. The van der Waals surface area contributed by atoms with E-state index in [9.17, 15) is 14.4 Å². The number of carbonyl (C=O) groups excluding carboxylic acids is 3. The lowest BCUT2D eigenvalue weighted by molar-refractivity contribution is -0.122. The molecule has 0 bridgehead atoms. The molecule has 3 rings (SSSR count). The summed E-state index contributed by atoms with van der Waals surface area (Å²) in [5.41, 5.74) is 2.41. The van der Waals surface area contributed by atoms with Crippen LogP contribution in [0.3, 0.4) is 0 Å². The number of hydrogen-bond acceptors (Lipinski definition) is 5. The zero-order chi connectivity index (χ0) is 21.1. The number of esters is 1. The fourth-order valence-electron chi connectivity index (χ4n) is 3.11. The summed E-state index contributed by atoms with van der Waals surface area (Å²) in [7, 11) is 0. The molecule has 0 atom stereocenters. The average Bonchev–Trinajstić information content (AvgIpc) is 2.91. The number of para-hydroxylation sites is 1. The topological polar surface area (TPSA) is 84.5 Å². The predicted octanol–water partition coefficient (Wildman–Crippen LogP) is 4.92. The van der Waals surface area contributed by atoms with Crippen LogP contribution in [0.4, 0.5) is 10.7 Å². The van der Waals surface area contributed by atoms with E-state index in [0.29, 0.717) is 21.1 Å². The second-order valence-corrected chi connectivity index (χ2v) is 8.62. The quantitative estimate of drug-likeness (QED) is 0.657. The van der Waals surface area contributed by atoms with E-state index in [1.54, 1.807) is 20.8 Å². The molecule has 1 heterocycles. The Bertz CT molecular complexity index is 944. The van der Waals surface area contributed by atoms with Crippen LogP contribution in [0.1, 0.15) is 64.3 Å². The molecule has 0 saturated heterocycles. The van der Waals surface area contributed by atoms with Crippen molar-refractivity contribution >= 4 is 39.8 Å². The number of thiophene rings is 1. The van der Waals surface area contributed by atoms with Crippen molar-refractivity contribution in [1.82, 2.24) is 0 Å². The standard InChI is InChI=1S/C22H26N2O4S/c1-12(2)28-22(27)17-14(4)18(20(26)23-16-11-6-5-8-13(16)3)29-21(17)24-19(25)15-9-7-10-15/h5-6,8,11-12,15H,7,9-10H2,1-4H3,(H,23,26)(H,24,25). The molecule has 29 heavy (non-hydrogen) atoms. The number of ether oxygens (including phenoxy) is 1. The Morgan fingerprint density at radius 3 is 2.38 bits per heavy atom. The van der Waals surface area contributed by atoms with Crippen LogP contribution in [0.2, 0.25) is 0 Å². The molecular weight excluding hydrogens is 388 g/mol. The predicted molar refractivity (Wildman–Crippen MR) is 115 cm³/mol. The molecule has 1 fully saturated rings. The second kappa shape index (κ2) is 8.78. The van der Waals surface area contributed by atoms with Gasteiger partial charge in [0, 0.05) is 11.6 Å². The molecule has 154 valence electrons.